The minimum Gasteiger partial charge on any atom is -0.397 e. The third-order valence-electron chi connectivity index (χ3n) is 2.49. The van der Waals surface area contributed by atoms with Crippen molar-refractivity contribution in [2.24, 2.45) is 0 Å². The number of rotatable bonds is 3. The van der Waals surface area contributed by atoms with E-state index in [1.54, 1.807) is 0 Å². The third kappa shape index (κ3) is 3.22. The number of nitrogens with one attached hydrogen (secondary N) is 1. The van der Waals surface area contributed by atoms with Crippen LogP contribution in [0.15, 0.2) is 35.2 Å². The van der Waals surface area contributed by atoms with Crippen LogP contribution in [0.25, 0.3) is 0 Å². The molecule has 0 saturated carbocycles. The fraction of sp³-hybridized carbons (Fsp3) is 0. The van der Waals surface area contributed by atoms with Crippen molar-refractivity contribution in [1.82, 2.24) is 0 Å². The lowest BCUT2D eigenvalue weighted by Gasteiger charge is -2.12. The number of anilines is 2. The van der Waals surface area contributed by atoms with Crippen molar-refractivity contribution in [3.63, 3.8) is 0 Å². The zero-order valence-corrected chi connectivity index (χ0v) is 11.8. The van der Waals surface area contributed by atoms with Crippen molar-refractivity contribution < 1.29 is 21.6 Å². The van der Waals surface area contributed by atoms with E-state index in [1.165, 1.54) is 18.2 Å². The van der Waals surface area contributed by atoms with Gasteiger partial charge >= 0.3 is 0 Å². The molecule has 0 saturated heterocycles. The van der Waals surface area contributed by atoms with Crippen LogP contribution in [0.5, 0.6) is 0 Å². The summed E-state index contributed by atoms with van der Waals surface area (Å²) in [5.41, 5.74) is 5.40. The van der Waals surface area contributed by atoms with Crippen LogP contribution >= 0.6 is 11.6 Å². The van der Waals surface area contributed by atoms with E-state index < -0.39 is 32.4 Å². The molecule has 0 heterocycles. The van der Waals surface area contributed by atoms with Gasteiger partial charge in [0.15, 0.2) is 4.90 Å². The summed E-state index contributed by atoms with van der Waals surface area (Å²) in [6.45, 7) is 0. The largest absolute Gasteiger partial charge is 0.397 e. The highest BCUT2D eigenvalue weighted by Crippen LogP contribution is 2.27. The molecule has 3 N–H and O–H groups in total. The lowest BCUT2D eigenvalue weighted by atomic mass is 10.3. The molecule has 0 amide bonds. The van der Waals surface area contributed by atoms with Gasteiger partial charge in [-0.15, -0.1) is 0 Å². The van der Waals surface area contributed by atoms with E-state index in [0.29, 0.717) is 0 Å². The molecule has 0 aliphatic heterocycles. The summed E-state index contributed by atoms with van der Waals surface area (Å²) in [7, 11) is -4.64. The maximum atomic E-state index is 13.5. The SMILES string of the molecule is Nc1ccc(Cl)cc1NS(=O)(=O)c1c(F)cc(F)cc1F. The van der Waals surface area contributed by atoms with Crippen molar-refractivity contribution in [3.05, 3.63) is 52.8 Å². The van der Waals surface area contributed by atoms with Gasteiger partial charge in [-0.05, 0) is 18.2 Å². The molecular weight excluding hydrogens is 329 g/mol. The number of sulfonamides is 1. The molecule has 0 bridgehead atoms. The highest BCUT2D eigenvalue weighted by atomic mass is 35.5. The van der Waals surface area contributed by atoms with E-state index in [9.17, 15) is 21.6 Å². The maximum Gasteiger partial charge on any atom is 0.267 e. The first kappa shape index (κ1) is 15.5. The molecule has 2 rings (SSSR count). The topological polar surface area (TPSA) is 72.2 Å². The number of nitrogen functional groups attached to an aromatic ring is 1. The Morgan fingerprint density at radius 1 is 1.05 bits per heavy atom. The molecule has 0 aliphatic carbocycles. The molecule has 0 spiro atoms. The molecule has 0 unspecified atom stereocenters. The van der Waals surface area contributed by atoms with E-state index in [4.69, 9.17) is 17.3 Å². The van der Waals surface area contributed by atoms with Crippen molar-refractivity contribution in [2.75, 3.05) is 10.5 Å². The van der Waals surface area contributed by atoms with Gasteiger partial charge in [-0.3, -0.25) is 4.72 Å². The molecule has 2 aromatic rings. The first-order valence-electron chi connectivity index (χ1n) is 5.43. The minimum absolute atomic E-state index is 0.00547. The maximum absolute atomic E-state index is 13.5. The second kappa shape index (κ2) is 5.45. The molecule has 0 atom stereocenters. The number of nitrogens with two attached hydrogens (primary N) is 1. The second-order valence-corrected chi connectivity index (χ2v) is 6.09. The summed E-state index contributed by atoms with van der Waals surface area (Å²) in [5, 5.41) is 0.168. The van der Waals surface area contributed by atoms with Crippen LogP contribution in [0.3, 0.4) is 0 Å². The van der Waals surface area contributed by atoms with Crippen LogP contribution in [-0.2, 0) is 10.0 Å². The van der Waals surface area contributed by atoms with Crippen molar-refractivity contribution >= 4 is 33.0 Å². The van der Waals surface area contributed by atoms with Crippen molar-refractivity contribution in [1.29, 1.82) is 0 Å². The molecule has 21 heavy (non-hydrogen) atoms. The molecule has 0 aliphatic rings. The normalized spacial score (nSPS) is 11.4. The second-order valence-electron chi connectivity index (χ2n) is 4.04. The van der Waals surface area contributed by atoms with Gasteiger partial charge in [0.25, 0.3) is 10.0 Å². The Kier molecular flexibility index (Phi) is 4.02. The molecule has 9 heteroatoms. The van der Waals surface area contributed by atoms with E-state index >= 15 is 0 Å². The Hall–Kier alpha value is -1.93. The zero-order chi connectivity index (χ0) is 15.8. The van der Waals surface area contributed by atoms with E-state index in [2.05, 4.69) is 0 Å². The Morgan fingerprint density at radius 2 is 1.62 bits per heavy atom. The standard InChI is InChI=1S/C12H8ClF3N2O2S/c13-6-1-2-10(17)11(3-6)18-21(19,20)12-8(15)4-7(14)5-9(12)16/h1-5,18H,17H2. The van der Waals surface area contributed by atoms with E-state index in [-0.39, 0.29) is 28.5 Å². The Bertz CT molecular complexity index is 789. The van der Waals surface area contributed by atoms with Gasteiger partial charge in [-0.25, -0.2) is 21.6 Å². The lowest BCUT2D eigenvalue weighted by Crippen LogP contribution is -2.17. The quantitative estimate of drug-likeness (QED) is 0.846. The summed E-state index contributed by atoms with van der Waals surface area (Å²) in [5.74, 6) is -4.34. The van der Waals surface area contributed by atoms with Gasteiger partial charge in [0.05, 0.1) is 11.4 Å². The van der Waals surface area contributed by atoms with Crippen LogP contribution in [0.4, 0.5) is 24.5 Å². The molecule has 0 radical (unpaired) electrons. The third-order valence-corrected chi connectivity index (χ3v) is 4.14. The van der Waals surface area contributed by atoms with Gasteiger partial charge in [0, 0.05) is 17.2 Å². The molecule has 4 nitrogen and oxygen atoms in total. The average Bonchev–Trinajstić information content (AvgIpc) is 2.31. The number of hydrogen-bond donors (Lipinski definition) is 2. The monoisotopic (exact) mass is 336 g/mol. The molecule has 112 valence electrons. The van der Waals surface area contributed by atoms with Crippen LogP contribution in [-0.4, -0.2) is 8.42 Å². The summed E-state index contributed by atoms with van der Waals surface area (Å²) in [6, 6.07) is 4.43. The Labute approximate surface area is 123 Å². The summed E-state index contributed by atoms with van der Waals surface area (Å²) < 4.78 is 65.8. The zero-order valence-electron chi connectivity index (χ0n) is 10.2. The number of benzene rings is 2. The van der Waals surface area contributed by atoms with Gasteiger partial charge < -0.3 is 5.73 Å². The predicted molar refractivity (Wildman–Crippen MR) is 73.0 cm³/mol. The average molecular weight is 337 g/mol. The first-order chi connectivity index (χ1) is 9.70. The number of hydrogen-bond acceptors (Lipinski definition) is 3. The first-order valence-corrected chi connectivity index (χ1v) is 7.29. The molecule has 0 aromatic heterocycles. The van der Waals surface area contributed by atoms with Crippen LogP contribution in [0, 0.1) is 17.5 Å². The van der Waals surface area contributed by atoms with Gasteiger partial charge in [-0.2, -0.15) is 0 Å². The number of halogens is 4. The minimum atomic E-state index is -4.64. The summed E-state index contributed by atoms with van der Waals surface area (Å²) in [6.07, 6.45) is 0. The fourth-order valence-corrected chi connectivity index (χ4v) is 2.97. The van der Waals surface area contributed by atoms with Gasteiger partial charge in [-0.1, -0.05) is 11.6 Å². The van der Waals surface area contributed by atoms with Crippen LogP contribution in [0.1, 0.15) is 0 Å². The van der Waals surface area contributed by atoms with E-state index in [1.807, 2.05) is 4.72 Å². The van der Waals surface area contributed by atoms with E-state index in [0.717, 1.165) is 0 Å². The molecule has 2 aromatic carbocycles. The Morgan fingerprint density at radius 3 is 2.19 bits per heavy atom. The summed E-state index contributed by atoms with van der Waals surface area (Å²) in [4.78, 5) is -1.30. The van der Waals surface area contributed by atoms with Crippen LogP contribution < -0.4 is 10.5 Å². The molecular formula is C12H8ClF3N2O2S. The fourth-order valence-electron chi connectivity index (χ4n) is 1.60. The molecule has 0 fully saturated rings. The highest BCUT2D eigenvalue weighted by Gasteiger charge is 2.26. The van der Waals surface area contributed by atoms with Crippen molar-refractivity contribution in [2.45, 2.75) is 4.90 Å². The predicted octanol–water partition coefficient (Wildman–Crippen LogP) is 3.14. The Balaban J connectivity index is 2.51. The van der Waals surface area contributed by atoms with Crippen LogP contribution in [0.2, 0.25) is 5.02 Å². The van der Waals surface area contributed by atoms with Gasteiger partial charge in [0.1, 0.15) is 17.5 Å². The van der Waals surface area contributed by atoms with Crippen molar-refractivity contribution in [3.8, 4) is 0 Å². The summed E-state index contributed by atoms with van der Waals surface area (Å²) >= 11 is 5.69. The highest BCUT2D eigenvalue weighted by molar-refractivity contribution is 7.92. The lowest BCUT2D eigenvalue weighted by molar-refractivity contribution is 0.498. The van der Waals surface area contributed by atoms with Gasteiger partial charge in [0.2, 0.25) is 0 Å². The smallest absolute Gasteiger partial charge is 0.267 e.